The maximum absolute atomic E-state index is 10.2. The van der Waals surface area contributed by atoms with Gasteiger partial charge in [0.1, 0.15) is 18.5 Å². The molecule has 0 amide bonds. The van der Waals surface area contributed by atoms with E-state index in [4.69, 9.17) is 14.2 Å². The normalized spacial score (nSPS) is 17.7. The molecule has 0 spiro atoms. The summed E-state index contributed by atoms with van der Waals surface area (Å²) in [4.78, 5) is 6.85. The molecule has 2 unspecified atom stereocenters. The lowest BCUT2D eigenvalue weighted by molar-refractivity contribution is 0.0536. The van der Waals surface area contributed by atoms with Gasteiger partial charge >= 0.3 is 0 Å². The first-order valence-electron chi connectivity index (χ1n) is 10.1. The summed E-state index contributed by atoms with van der Waals surface area (Å²) in [5.74, 6) is 2.11. The Morgan fingerprint density at radius 2 is 2.21 bits per heavy atom. The van der Waals surface area contributed by atoms with Crippen LogP contribution in [0.1, 0.15) is 18.9 Å². The number of nitrogens with one attached hydrogen (secondary N) is 1. The van der Waals surface area contributed by atoms with Crippen molar-refractivity contribution in [3.05, 3.63) is 29.8 Å². The average Bonchev–Trinajstić information content (AvgIpc) is 3.16. The largest absolute Gasteiger partial charge is 0.491 e. The van der Waals surface area contributed by atoms with E-state index in [9.17, 15) is 5.11 Å². The number of nitrogens with zero attached hydrogens (tertiary/aromatic N) is 2. The van der Waals surface area contributed by atoms with Crippen molar-refractivity contribution in [1.29, 1.82) is 0 Å². The van der Waals surface area contributed by atoms with E-state index in [1.165, 1.54) is 0 Å². The predicted molar refractivity (Wildman–Crippen MR) is 126 cm³/mol. The van der Waals surface area contributed by atoms with Gasteiger partial charge in [-0.1, -0.05) is 12.1 Å². The van der Waals surface area contributed by atoms with Crippen molar-refractivity contribution >= 4 is 29.9 Å². The highest BCUT2D eigenvalue weighted by atomic mass is 127. The van der Waals surface area contributed by atoms with Gasteiger partial charge < -0.3 is 29.5 Å². The summed E-state index contributed by atoms with van der Waals surface area (Å²) in [5, 5.41) is 13.6. The lowest BCUT2D eigenvalue weighted by Crippen LogP contribution is -2.41. The summed E-state index contributed by atoms with van der Waals surface area (Å²) in [6.07, 6.45) is 0.432. The molecule has 1 aliphatic heterocycles. The van der Waals surface area contributed by atoms with Crippen LogP contribution in [-0.2, 0) is 9.47 Å². The molecular formula is C21H36IN3O4. The lowest BCUT2D eigenvalue weighted by atomic mass is 10.1. The molecule has 8 heteroatoms. The second-order valence-electron chi connectivity index (χ2n) is 7.14. The van der Waals surface area contributed by atoms with Crippen molar-refractivity contribution in [2.45, 2.75) is 26.4 Å². The zero-order valence-electron chi connectivity index (χ0n) is 17.8. The number of methoxy groups -OCH3 is 1. The first-order valence-corrected chi connectivity index (χ1v) is 10.1. The molecule has 0 aromatic heterocycles. The molecule has 29 heavy (non-hydrogen) atoms. The van der Waals surface area contributed by atoms with Gasteiger partial charge in [-0.2, -0.15) is 0 Å². The summed E-state index contributed by atoms with van der Waals surface area (Å²) in [6, 6.07) is 7.81. The zero-order chi connectivity index (χ0) is 20.2. The second-order valence-corrected chi connectivity index (χ2v) is 7.14. The van der Waals surface area contributed by atoms with Gasteiger partial charge in [0, 0.05) is 32.7 Å². The molecule has 1 saturated heterocycles. The number of aliphatic hydroxyl groups is 1. The van der Waals surface area contributed by atoms with Crippen molar-refractivity contribution < 1.29 is 19.3 Å². The number of halogens is 1. The molecular weight excluding hydrogens is 485 g/mol. The Hall–Kier alpha value is -1.10. The van der Waals surface area contributed by atoms with Crippen LogP contribution in [0.3, 0.4) is 0 Å². The minimum atomic E-state index is -0.648. The van der Waals surface area contributed by atoms with Crippen LogP contribution in [0.25, 0.3) is 0 Å². The van der Waals surface area contributed by atoms with Crippen LogP contribution in [0.5, 0.6) is 5.75 Å². The van der Waals surface area contributed by atoms with Crippen LogP contribution < -0.4 is 10.1 Å². The van der Waals surface area contributed by atoms with Gasteiger partial charge in [0.2, 0.25) is 0 Å². The fourth-order valence-electron chi connectivity index (χ4n) is 3.12. The van der Waals surface area contributed by atoms with E-state index in [1.54, 1.807) is 7.11 Å². The van der Waals surface area contributed by atoms with Gasteiger partial charge in [-0.3, -0.25) is 4.99 Å². The zero-order valence-corrected chi connectivity index (χ0v) is 20.1. The Bertz CT molecular complexity index is 603. The molecule has 7 nitrogen and oxygen atoms in total. The quantitative estimate of drug-likeness (QED) is 0.202. The topological polar surface area (TPSA) is 75.6 Å². The number of hydrogen-bond donors (Lipinski definition) is 2. The van der Waals surface area contributed by atoms with Crippen LogP contribution >= 0.6 is 24.0 Å². The smallest absolute Gasteiger partial charge is 0.194 e. The van der Waals surface area contributed by atoms with E-state index in [0.717, 1.165) is 49.9 Å². The van der Waals surface area contributed by atoms with Crippen LogP contribution in [0, 0.1) is 12.8 Å². The van der Waals surface area contributed by atoms with E-state index in [0.29, 0.717) is 25.7 Å². The number of rotatable bonds is 11. The lowest BCUT2D eigenvalue weighted by Gasteiger charge is -2.22. The van der Waals surface area contributed by atoms with Crippen LogP contribution in [0.2, 0.25) is 0 Å². The van der Waals surface area contributed by atoms with Crippen molar-refractivity contribution in [2.75, 3.05) is 59.7 Å². The van der Waals surface area contributed by atoms with Gasteiger partial charge in [0.25, 0.3) is 0 Å². The number of aliphatic imine (C=N–C) groups is 1. The number of aryl methyl sites for hydroxylation is 1. The van der Waals surface area contributed by atoms with Gasteiger partial charge in [-0.25, -0.2) is 0 Å². The molecule has 166 valence electrons. The molecule has 2 rings (SSSR count). The number of guanidine groups is 1. The molecule has 1 aliphatic rings. The Balaban J connectivity index is 0.00000420. The molecule has 0 saturated carbocycles. The summed E-state index contributed by atoms with van der Waals surface area (Å²) >= 11 is 0. The molecule has 0 bridgehead atoms. The molecule has 1 fully saturated rings. The van der Waals surface area contributed by atoms with Crippen molar-refractivity contribution in [1.82, 2.24) is 10.2 Å². The standard InChI is InChI=1S/C21H35N3O4.HI/c1-4-22-21(24-9-8-18(14-24)15-27-11-10-26-3)23-13-19(25)16-28-20-7-5-6-17(2)12-20;/h5-7,12,18-19,25H,4,8-11,13-16H2,1-3H3,(H,22,23);1H. The van der Waals surface area contributed by atoms with E-state index in [1.807, 2.05) is 38.1 Å². The third-order valence-corrected chi connectivity index (χ3v) is 4.59. The van der Waals surface area contributed by atoms with Gasteiger partial charge in [-0.05, 0) is 38.0 Å². The number of benzene rings is 1. The Morgan fingerprint density at radius 1 is 1.38 bits per heavy atom. The van der Waals surface area contributed by atoms with Crippen LogP contribution in [0.4, 0.5) is 0 Å². The number of likely N-dealkylation sites (tertiary alicyclic amines) is 1. The van der Waals surface area contributed by atoms with Gasteiger partial charge in [0.15, 0.2) is 5.96 Å². The molecule has 0 radical (unpaired) electrons. The SMILES string of the molecule is CCNC(=NCC(O)COc1cccc(C)c1)N1CCC(COCCOC)C1.I. The van der Waals surface area contributed by atoms with Gasteiger partial charge in [-0.15, -0.1) is 24.0 Å². The van der Waals surface area contributed by atoms with E-state index >= 15 is 0 Å². The van der Waals surface area contributed by atoms with Crippen LogP contribution in [0.15, 0.2) is 29.3 Å². The summed E-state index contributed by atoms with van der Waals surface area (Å²) in [7, 11) is 1.68. The second kappa shape index (κ2) is 14.8. The Labute approximate surface area is 191 Å². The predicted octanol–water partition coefficient (Wildman–Crippen LogP) is 2.30. The fraction of sp³-hybridized carbons (Fsp3) is 0.667. The molecule has 1 aromatic carbocycles. The molecule has 2 N–H and O–H groups in total. The third kappa shape index (κ3) is 9.97. The highest BCUT2D eigenvalue weighted by molar-refractivity contribution is 14.0. The first kappa shape index (κ1) is 25.9. The van der Waals surface area contributed by atoms with Crippen molar-refractivity contribution in [3.8, 4) is 5.75 Å². The molecule has 1 aromatic rings. The number of aliphatic hydroxyl groups excluding tert-OH is 1. The minimum absolute atomic E-state index is 0. The highest BCUT2D eigenvalue weighted by Gasteiger charge is 2.25. The first-order chi connectivity index (χ1) is 13.6. The fourth-order valence-corrected chi connectivity index (χ4v) is 3.12. The van der Waals surface area contributed by atoms with E-state index in [2.05, 4.69) is 15.2 Å². The summed E-state index contributed by atoms with van der Waals surface area (Å²) < 4.78 is 16.3. The van der Waals surface area contributed by atoms with Gasteiger partial charge in [0.05, 0.1) is 26.4 Å². The third-order valence-electron chi connectivity index (χ3n) is 4.59. The number of hydrogen-bond acceptors (Lipinski definition) is 5. The van der Waals surface area contributed by atoms with E-state index in [-0.39, 0.29) is 30.6 Å². The molecule has 2 atom stereocenters. The Kier molecular flexibility index (Phi) is 13.2. The minimum Gasteiger partial charge on any atom is -0.491 e. The maximum atomic E-state index is 10.2. The van der Waals surface area contributed by atoms with Crippen LogP contribution in [-0.4, -0.2) is 81.8 Å². The Morgan fingerprint density at radius 3 is 2.93 bits per heavy atom. The summed E-state index contributed by atoms with van der Waals surface area (Å²) in [6.45, 7) is 9.25. The van der Waals surface area contributed by atoms with E-state index < -0.39 is 6.10 Å². The monoisotopic (exact) mass is 521 g/mol. The molecule has 1 heterocycles. The van der Waals surface area contributed by atoms with Crippen molar-refractivity contribution in [3.63, 3.8) is 0 Å². The highest BCUT2D eigenvalue weighted by Crippen LogP contribution is 2.17. The molecule has 0 aliphatic carbocycles. The van der Waals surface area contributed by atoms with Crippen molar-refractivity contribution in [2.24, 2.45) is 10.9 Å². The number of ether oxygens (including phenoxy) is 3. The summed E-state index contributed by atoms with van der Waals surface area (Å²) in [5.41, 5.74) is 1.13. The average molecular weight is 521 g/mol. The maximum Gasteiger partial charge on any atom is 0.194 e.